The van der Waals surface area contributed by atoms with Gasteiger partial charge in [-0.3, -0.25) is 9.59 Å². The van der Waals surface area contributed by atoms with Crippen molar-refractivity contribution in [3.8, 4) is 0 Å². The van der Waals surface area contributed by atoms with Crippen LogP contribution < -0.4 is 5.32 Å². The highest BCUT2D eigenvalue weighted by Crippen LogP contribution is 2.32. The number of carboxylic acid groups (broad SMARTS) is 1. The highest BCUT2D eigenvalue weighted by molar-refractivity contribution is 5.76. The first-order chi connectivity index (χ1) is 13.8. The van der Waals surface area contributed by atoms with Crippen LogP contribution in [0, 0.1) is 5.92 Å². The fraction of sp³-hybridized carbons (Fsp3) is 0.667. The third kappa shape index (κ3) is 6.05. The van der Waals surface area contributed by atoms with Crippen molar-refractivity contribution in [1.82, 2.24) is 10.2 Å². The molecular formula is C24H36N2O3. The van der Waals surface area contributed by atoms with Crippen molar-refractivity contribution < 1.29 is 14.7 Å². The van der Waals surface area contributed by atoms with E-state index in [1.54, 1.807) is 0 Å². The van der Waals surface area contributed by atoms with Gasteiger partial charge in [0.2, 0.25) is 5.91 Å². The molecule has 2 heterocycles. The molecule has 2 aliphatic rings. The molecule has 3 rings (SSSR count). The second-order valence-electron chi connectivity index (χ2n) is 9.49. The van der Waals surface area contributed by atoms with Gasteiger partial charge in [0.15, 0.2) is 0 Å². The van der Waals surface area contributed by atoms with Crippen molar-refractivity contribution >= 4 is 11.9 Å². The van der Waals surface area contributed by atoms with E-state index in [2.05, 4.69) is 34.5 Å². The number of hydrogen-bond donors (Lipinski definition) is 2. The molecule has 5 nitrogen and oxygen atoms in total. The van der Waals surface area contributed by atoms with E-state index < -0.39 is 5.97 Å². The van der Waals surface area contributed by atoms with Crippen LogP contribution in [0.1, 0.15) is 75.8 Å². The van der Waals surface area contributed by atoms with Crippen LogP contribution in [0.4, 0.5) is 0 Å². The maximum Gasteiger partial charge on any atom is 0.304 e. The molecule has 1 aromatic rings. The first kappa shape index (κ1) is 21.8. The molecule has 2 fully saturated rings. The van der Waals surface area contributed by atoms with Gasteiger partial charge >= 0.3 is 5.97 Å². The molecule has 0 saturated carbocycles. The fourth-order valence-corrected chi connectivity index (χ4v) is 4.82. The van der Waals surface area contributed by atoms with Crippen LogP contribution >= 0.6 is 0 Å². The van der Waals surface area contributed by atoms with Crippen molar-refractivity contribution in [3.63, 3.8) is 0 Å². The lowest BCUT2D eigenvalue weighted by molar-refractivity contribution is -0.138. The van der Waals surface area contributed by atoms with E-state index in [0.29, 0.717) is 24.2 Å². The number of rotatable bonds is 7. The molecule has 0 aromatic heterocycles. The minimum Gasteiger partial charge on any atom is -0.481 e. The van der Waals surface area contributed by atoms with Crippen molar-refractivity contribution in [2.45, 2.75) is 70.1 Å². The minimum absolute atomic E-state index is 0.120. The minimum atomic E-state index is -0.773. The number of carboxylic acids is 1. The molecule has 0 aliphatic carbocycles. The number of hydrogen-bond acceptors (Lipinski definition) is 3. The zero-order valence-electron chi connectivity index (χ0n) is 18.0. The lowest BCUT2D eigenvalue weighted by Gasteiger charge is -2.34. The number of nitrogens with one attached hydrogen (secondary N) is 1. The Morgan fingerprint density at radius 2 is 1.83 bits per heavy atom. The highest BCUT2D eigenvalue weighted by atomic mass is 16.4. The number of benzene rings is 1. The highest BCUT2D eigenvalue weighted by Gasteiger charge is 2.27. The normalized spacial score (nSPS) is 21.2. The fourth-order valence-electron chi connectivity index (χ4n) is 4.82. The van der Waals surface area contributed by atoms with Crippen LogP contribution in [-0.4, -0.2) is 48.1 Å². The second-order valence-corrected chi connectivity index (χ2v) is 9.49. The Kier molecular flexibility index (Phi) is 7.33. The predicted octanol–water partition coefficient (Wildman–Crippen LogP) is 3.92. The van der Waals surface area contributed by atoms with Crippen LogP contribution in [0.25, 0.3) is 0 Å². The van der Waals surface area contributed by atoms with E-state index in [-0.39, 0.29) is 11.8 Å². The van der Waals surface area contributed by atoms with Gasteiger partial charge in [-0.2, -0.15) is 0 Å². The molecule has 2 N–H and O–H groups in total. The number of piperidine rings is 2. The average molecular weight is 401 g/mol. The Morgan fingerprint density at radius 1 is 1.14 bits per heavy atom. The zero-order valence-corrected chi connectivity index (χ0v) is 18.0. The van der Waals surface area contributed by atoms with Crippen LogP contribution in [0.5, 0.6) is 0 Å². The van der Waals surface area contributed by atoms with Gasteiger partial charge in [0.05, 0.1) is 6.42 Å². The molecule has 5 heteroatoms. The van der Waals surface area contributed by atoms with Gasteiger partial charge in [-0.1, -0.05) is 38.1 Å². The summed E-state index contributed by atoms with van der Waals surface area (Å²) in [5.74, 6) is 0.614. The third-order valence-electron chi connectivity index (χ3n) is 6.76. The smallest absolute Gasteiger partial charge is 0.304 e. The SMILES string of the molecule is CC(C)(CC(=O)O)c1ccc(C2CCCN(C(=O)CCC3CCNCC3)C2)cc1. The standard InChI is InChI=1S/C24H36N2O3/c1-24(2,16-23(28)29)21-8-6-19(7-9-21)20-4-3-15-26(17-20)22(27)10-5-18-11-13-25-14-12-18/h6-9,18,20,25H,3-5,10-17H2,1-2H3,(H,28,29). The Hall–Kier alpha value is -1.88. The van der Waals surface area contributed by atoms with Crippen LogP contribution in [0.2, 0.25) is 0 Å². The van der Waals surface area contributed by atoms with E-state index in [9.17, 15) is 9.59 Å². The maximum atomic E-state index is 12.8. The first-order valence-corrected chi connectivity index (χ1v) is 11.2. The molecular weight excluding hydrogens is 364 g/mol. The van der Waals surface area contributed by atoms with Crippen molar-refractivity contribution in [2.75, 3.05) is 26.2 Å². The molecule has 160 valence electrons. The van der Waals surface area contributed by atoms with Crippen LogP contribution in [-0.2, 0) is 15.0 Å². The number of aliphatic carboxylic acids is 1. The van der Waals surface area contributed by atoms with Gasteiger partial charge in [0, 0.05) is 30.8 Å². The number of likely N-dealkylation sites (tertiary alicyclic amines) is 1. The van der Waals surface area contributed by atoms with E-state index in [4.69, 9.17) is 5.11 Å². The number of carbonyl (C=O) groups is 2. The molecule has 1 unspecified atom stereocenters. The number of carbonyl (C=O) groups excluding carboxylic acids is 1. The first-order valence-electron chi connectivity index (χ1n) is 11.2. The predicted molar refractivity (Wildman–Crippen MR) is 115 cm³/mol. The van der Waals surface area contributed by atoms with E-state index >= 15 is 0 Å². The number of amides is 1. The van der Waals surface area contributed by atoms with E-state index in [0.717, 1.165) is 51.0 Å². The van der Waals surface area contributed by atoms with Gasteiger partial charge < -0.3 is 15.3 Å². The Morgan fingerprint density at radius 3 is 2.48 bits per heavy atom. The van der Waals surface area contributed by atoms with Gasteiger partial charge in [0.1, 0.15) is 0 Å². The van der Waals surface area contributed by atoms with Gasteiger partial charge in [0.25, 0.3) is 0 Å². The summed E-state index contributed by atoms with van der Waals surface area (Å²) in [4.78, 5) is 25.9. The molecule has 0 radical (unpaired) electrons. The van der Waals surface area contributed by atoms with E-state index in [1.807, 2.05) is 13.8 Å². The number of nitrogens with zero attached hydrogens (tertiary/aromatic N) is 1. The summed E-state index contributed by atoms with van der Waals surface area (Å²) >= 11 is 0. The largest absolute Gasteiger partial charge is 0.481 e. The van der Waals surface area contributed by atoms with Gasteiger partial charge in [-0.05, 0) is 62.2 Å². The Labute approximate surface area is 174 Å². The molecule has 1 amide bonds. The van der Waals surface area contributed by atoms with Crippen molar-refractivity contribution in [3.05, 3.63) is 35.4 Å². The maximum absolute atomic E-state index is 12.8. The molecule has 1 aromatic carbocycles. The monoisotopic (exact) mass is 400 g/mol. The summed E-state index contributed by atoms with van der Waals surface area (Å²) in [6.45, 7) is 7.81. The van der Waals surface area contributed by atoms with Crippen molar-refractivity contribution in [2.24, 2.45) is 5.92 Å². The molecule has 1 atom stereocenters. The summed E-state index contributed by atoms with van der Waals surface area (Å²) in [5, 5.41) is 12.5. The topological polar surface area (TPSA) is 69.6 Å². The quantitative estimate of drug-likeness (QED) is 0.728. The lowest BCUT2D eigenvalue weighted by atomic mass is 9.80. The van der Waals surface area contributed by atoms with Crippen LogP contribution in [0.15, 0.2) is 24.3 Å². The summed E-state index contributed by atoms with van der Waals surface area (Å²) in [5.41, 5.74) is 1.93. The molecule has 0 spiro atoms. The summed E-state index contributed by atoms with van der Waals surface area (Å²) < 4.78 is 0. The third-order valence-corrected chi connectivity index (χ3v) is 6.76. The molecule has 0 bridgehead atoms. The van der Waals surface area contributed by atoms with Gasteiger partial charge in [-0.15, -0.1) is 0 Å². The summed E-state index contributed by atoms with van der Waals surface area (Å²) in [6.07, 6.45) is 6.37. The second kappa shape index (κ2) is 9.75. The molecule has 29 heavy (non-hydrogen) atoms. The Bertz CT molecular complexity index is 693. The van der Waals surface area contributed by atoms with Crippen LogP contribution in [0.3, 0.4) is 0 Å². The molecule has 2 saturated heterocycles. The van der Waals surface area contributed by atoms with Crippen molar-refractivity contribution in [1.29, 1.82) is 0 Å². The summed E-state index contributed by atoms with van der Waals surface area (Å²) in [6, 6.07) is 8.39. The average Bonchev–Trinajstić information content (AvgIpc) is 2.72. The molecule has 2 aliphatic heterocycles. The van der Waals surface area contributed by atoms with Gasteiger partial charge in [-0.25, -0.2) is 0 Å². The lowest BCUT2D eigenvalue weighted by Crippen LogP contribution is -2.39. The Balaban J connectivity index is 1.55. The van der Waals surface area contributed by atoms with E-state index in [1.165, 1.54) is 18.4 Å². The summed E-state index contributed by atoms with van der Waals surface area (Å²) in [7, 11) is 0. The zero-order chi connectivity index (χ0) is 20.9.